The lowest BCUT2D eigenvalue weighted by molar-refractivity contribution is 0.0765. The van der Waals surface area contributed by atoms with Crippen LogP contribution in [0.3, 0.4) is 0 Å². The molecule has 0 aliphatic carbocycles. The number of rotatable bonds is 1. The fourth-order valence-corrected chi connectivity index (χ4v) is 1.80. The Morgan fingerprint density at radius 2 is 2.07 bits per heavy atom. The van der Waals surface area contributed by atoms with Crippen molar-refractivity contribution >= 4 is 5.91 Å². The van der Waals surface area contributed by atoms with E-state index in [2.05, 4.69) is 0 Å². The van der Waals surface area contributed by atoms with Gasteiger partial charge in [-0.15, -0.1) is 0 Å². The second kappa shape index (κ2) is 4.03. The number of aliphatic hydroxyl groups is 1. The van der Waals surface area contributed by atoms with E-state index in [1.165, 1.54) is 0 Å². The Morgan fingerprint density at radius 1 is 1.40 bits per heavy atom. The first-order valence-electron chi connectivity index (χ1n) is 5.21. The highest BCUT2D eigenvalue weighted by molar-refractivity contribution is 5.94. The molecule has 0 saturated carbocycles. The van der Waals surface area contributed by atoms with E-state index in [1.54, 1.807) is 4.90 Å². The van der Waals surface area contributed by atoms with Crippen molar-refractivity contribution in [1.82, 2.24) is 4.90 Å². The molecule has 1 fully saturated rings. The van der Waals surface area contributed by atoms with E-state index in [1.807, 2.05) is 31.2 Å². The Balaban J connectivity index is 2.11. The Kier molecular flexibility index (Phi) is 2.73. The Hall–Kier alpha value is -1.35. The summed E-state index contributed by atoms with van der Waals surface area (Å²) in [5, 5.41) is 9.35. The molecule has 0 radical (unpaired) electrons. The van der Waals surface area contributed by atoms with Gasteiger partial charge in [0.2, 0.25) is 0 Å². The van der Waals surface area contributed by atoms with Crippen LogP contribution in [0, 0.1) is 6.92 Å². The molecule has 3 heteroatoms. The Morgan fingerprint density at radius 3 is 2.60 bits per heavy atom. The van der Waals surface area contributed by atoms with Crippen molar-refractivity contribution in [2.45, 2.75) is 19.4 Å². The summed E-state index contributed by atoms with van der Waals surface area (Å²) in [5.41, 5.74) is 1.85. The summed E-state index contributed by atoms with van der Waals surface area (Å²) < 4.78 is 0. The number of nitrogens with zero attached hydrogens (tertiary/aromatic N) is 1. The molecule has 0 unspecified atom stereocenters. The molecule has 80 valence electrons. The first-order valence-corrected chi connectivity index (χ1v) is 5.21. The third kappa shape index (κ3) is 2.18. The number of carbonyl (C=O) groups excluding carboxylic acids is 1. The first kappa shape index (κ1) is 10.2. The highest BCUT2D eigenvalue weighted by Crippen LogP contribution is 2.13. The zero-order valence-corrected chi connectivity index (χ0v) is 8.81. The van der Waals surface area contributed by atoms with Crippen LogP contribution in [0.25, 0.3) is 0 Å². The fraction of sp³-hybridized carbons (Fsp3) is 0.417. The van der Waals surface area contributed by atoms with Crippen molar-refractivity contribution in [2.75, 3.05) is 13.1 Å². The summed E-state index contributed by atoms with van der Waals surface area (Å²) in [4.78, 5) is 13.6. The molecule has 1 aliphatic heterocycles. The predicted octanol–water partition coefficient (Wildman–Crippen LogP) is 1.20. The van der Waals surface area contributed by atoms with Crippen LogP contribution in [-0.2, 0) is 0 Å². The standard InChI is InChI=1S/C12H15NO2/c1-9-2-4-10(5-3-9)12(15)13-7-6-11(14)8-13/h2-5,11,14H,6-8H2,1H3/t11-/m1/s1. The molecular formula is C12H15NO2. The maximum Gasteiger partial charge on any atom is 0.253 e. The van der Waals surface area contributed by atoms with Gasteiger partial charge in [-0.1, -0.05) is 17.7 Å². The minimum Gasteiger partial charge on any atom is -0.391 e. The van der Waals surface area contributed by atoms with Crippen LogP contribution in [0.4, 0.5) is 0 Å². The average Bonchev–Trinajstić information content (AvgIpc) is 2.65. The third-order valence-electron chi connectivity index (χ3n) is 2.75. The molecule has 1 N–H and O–H groups in total. The molecule has 1 aliphatic rings. The molecular weight excluding hydrogens is 190 g/mol. The van der Waals surface area contributed by atoms with Gasteiger partial charge in [0.1, 0.15) is 0 Å². The van der Waals surface area contributed by atoms with Crippen LogP contribution in [0.15, 0.2) is 24.3 Å². The van der Waals surface area contributed by atoms with Crippen molar-refractivity contribution in [3.63, 3.8) is 0 Å². The topological polar surface area (TPSA) is 40.5 Å². The molecule has 1 saturated heterocycles. The SMILES string of the molecule is Cc1ccc(C(=O)N2CC[C@@H](O)C2)cc1. The summed E-state index contributed by atoms with van der Waals surface area (Å²) in [7, 11) is 0. The number of likely N-dealkylation sites (tertiary alicyclic amines) is 1. The lowest BCUT2D eigenvalue weighted by Gasteiger charge is -2.15. The predicted molar refractivity (Wildman–Crippen MR) is 57.7 cm³/mol. The largest absolute Gasteiger partial charge is 0.391 e. The summed E-state index contributed by atoms with van der Waals surface area (Å²) in [6.45, 7) is 3.12. The van der Waals surface area contributed by atoms with E-state index in [0.29, 0.717) is 25.1 Å². The molecule has 0 aromatic heterocycles. The van der Waals surface area contributed by atoms with Gasteiger partial charge in [0.05, 0.1) is 6.10 Å². The molecule has 3 nitrogen and oxygen atoms in total. The molecule has 1 atom stereocenters. The van der Waals surface area contributed by atoms with E-state index in [-0.39, 0.29) is 12.0 Å². The Labute approximate surface area is 89.3 Å². The lowest BCUT2D eigenvalue weighted by Crippen LogP contribution is -2.29. The third-order valence-corrected chi connectivity index (χ3v) is 2.75. The first-order chi connectivity index (χ1) is 7.16. The van der Waals surface area contributed by atoms with Crippen molar-refractivity contribution in [3.8, 4) is 0 Å². The van der Waals surface area contributed by atoms with Crippen LogP contribution in [-0.4, -0.2) is 35.1 Å². The molecule has 15 heavy (non-hydrogen) atoms. The normalized spacial score (nSPS) is 20.7. The van der Waals surface area contributed by atoms with Crippen LogP contribution in [0.2, 0.25) is 0 Å². The van der Waals surface area contributed by atoms with Gasteiger partial charge in [-0.05, 0) is 25.5 Å². The van der Waals surface area contributed by atoms with E-state index >= 15 is 0 Å². The smallest absolute Gasteiger partial charge is 0.253 e. The zero-order valence-electron chi connectivity index (χ0n) is 8.81. The van der Waals surface area contributed by atoms with Crippen molar-refractivity contribution in [1.29, 1.82) is 0 Å². The van der Waals surface area contributed by atoms with Gasteiger partial charge < -0.3 is 10.0 Å². The number of β-amino-alcohol motifs (C(OH)–C–C–N with tert-alkyl or cyclic N) is 1. The van der Waals surface area contributed by atoms with Gasteiger partial charge >= 0.3 is 0 Å². The van der Waals surface area contributed by atoms with Crippen LogP contribution >= 0.6 is 0 Å². The van der Waals surface area contributed by atoms with Crippen LogP contribution in [0.5, 0.6) is 0 Å². The number of carbonyl (C=O) groups is 1. The number of amides is 1. The molecule has 0 spiro atoms. The minimum absolute atomic E-state index is 0.0200. The van der Waals surface area contributed by atoms with Gasteiger partial charge in [-0.25, -0.2) is 0 Å². The fourth-order valence-electron chi connectivity index (χ4n) is 1.80. The molecule has 0 bridgehead atoms. The van der Waals surface area contributed by atoms with Crippen molar-refractivity contribution in [2.24, 2.45) is 0 Å². The van der Waals surface area contributed by atoms with E-state index in [4.69, 9.17) is 0 Å². The average molecular weight is 205 g/mol. The monoisotopic (exact) mass is 205 g/mol. The molecule has 1 heterocycles. The molecule has 2 rings (SSSR count). The van der Waals surface area contributed by atoms with Crippen LogP contribution < -0.4 is 0 Å². The maximum absolute atomic E-state index is 11.9. The summed E-state index contributed by atoms with van der Waals surface area (Å²) in [6, 6.07) is 7.53. The van der Waals surface area contributed by atoms with Gasteiger partial charge in [0, 0.05) is 18.7 Å². The van der Waals surface area contributed by atoms with Crippen molar-refractivity contribution in [3.05, 3.63) is 35.4 Å². The van der Waals surface area contributed by atoms with E-state index in [0.717, 1.165) is 5.56 Å². The second-order valence-electron chi connectivity index (χ2n) is 4.06. The number of benzene rings is 1. The van der Waals surface area contributed by atoms with Gasteiger partial charge in [0.15, 0.2) is 0 Å². The zero-order chi connectivity index (χ0) is 10.8. The molecule has 1 aromatic carbocycles. The lowest BCUT2D eigenvalue weighted by atomic mass is 10.1. The summed E-state index contributed by atoms with van der Waals surface area (Å²) in [6.07, 6.45) is 0.344. The quantitative estimate of drug-likeness (QED) is 0.748. The highest BCUT2D eigenvalue weighted by Gasteiger charge is 2.24. The number of aliphatic hydroxyl groups excluding tert-OH is 1. The highest BCUT2D eigenvalue weighted by atomic mass is 16.3. The molecule has 1 amide bonds. The summed E-state index contributed by atoms with van der Waals surface area (Å²) in [5.74, 6) is 0.0200. The maximum atomic E-state index is 11.9. The van der Waals surface area contributed by atoms with Crippen molar-refractivity contribution < 1.29 is 9.90 Å². The summed E-state index contributed by atoms with van der Waals surface area (Å²) >= 11 is 0. The van der Waals surface area contributed by atoms with Gasteiger partial charge in [-0.2, -0.15) is 0 Å². The van der Waals surface area contributed by atoms with E-state index < -0.39 is 0 Å². The molecule has 1 aromatic rings. The van der Waals surface area contributed by atoms with E-state index in [9.17, 15) is 9.90 Å². The number of hydrogen-bond donors (Lipinski definition) is 1. The van der Waals surface area contributed by atoms with Gasteiger partial charge in [-0.3, -0.25) is 4.79 Å². The minimum atomic E-state index is -0.348. The van der Waals surface area contributed by atoms with Gasteiger partial charge in [0.25, 0.3) is 5.91 Å². The number of hydrogen-bond acceptors (Lipinski definition) is 2. The van der Waals surface area contributed by atoms with Crippen LogP contribution in [0.1, 0.15) is 22.3 Å². The number of aryl methyl sites for hydroxylation is 1. The Bertz CT molecular complexity index is 358. The second-order valence-corrected chi connectivity index (χ2v) is 4.06.